The fraction of sp³-hybridized carbons (Fsp3) is 0.750. The third kappa shape index (κ3) is 6.15. The molecule has 0 aromatic rings. The van der Waals surface area contributed by atoms with Gasteiger partial charge in [-0.15, -0.1) is 0 Å². The van der Waals surface area contributed by atoms with Crippen molar-refractivity contribution in [3.63, 3.8) is 0 Å². The van der Waals surface area contributed by atoms with Crippen LogP contribution in [0.2, 0.25) is 0 Å². The Balaban J connectivity index is 1.83. The van der Waals surface area contributed by atoms with Crippen molar-refractivity contribution >= 4 is 5.97 Å². The summed E-state index contributed by atoms with van der Waals surface area (Å²) in [4.78, 5) is 10.5. The van der Waals surface area contributed by atoms with Crippen molar-refractivity contribution in [2.75, 3.05) is 0 Å². The number of aliphatic hydroxyl groups is 2. The van der Waals surface area contributed by atoms with E-state index in [0.717, 1.165) is 37.9 Å². The monoisotopic (exact) mass is 352 g/mol. The standard InChI is InChI=1S/C20H32O5/c1-2-3-4-7-14(21)10-11-16-17-12-15(8-5-6-9-20(23)24)25-19(17)13-18(16)22/h8,10-11,14,16-19,21-22H,2-7,9,12-13H2,1H3,(H,23,24)/b11-10+,15-8+/t14-,16?,17+,18+,19+/m0/s1. The van der Waals surface area contributed by atoms with Gasteiger partial charge in [-0.2, -0.15) is 0 Å². The minimum atomic E-state index is -0.770. The van der Waals surface area contributed by atoms with Crippen LogP contribution in [0.4, 0.5) is 0 Å². The molecule has 0 aromatic carbocycles. The molecule has 0 radical (unpaired) electrons. The van der Waals surface area contributed by atoms with Crippen LogP contribution in [0.25, 0.3) is 0 Å². The maximum absolute atomic E-state index is 10.5. The van der Waals surface area contributed by atoms with Gasteiger partial charge in [-0.1, -0.05) is 38.3 Å². The summed E-state index contributed by atoms with van der Waals surface area (Å²) >= 11 is 0. The van der Waals surface area contributed by atoms with Gasteiger partial charge in [0.05, 0.1) is 18.0 Å². The topological polar surface area (TPSA) is 87.0 Å². The lowest BCUT2D eigenvalue weighted by Gasteiger charge is -2.16. The zero-order valence-corrected chi connectivity index (χ0v) is 15.1. The van der Waals surface area contributed by atoms with Gasteiger partial charge in [0.15, 0.2) is 0 Å². The highest BCUT2D eigenvalue weighted by molar-refractivity contribution is 5.66. The van der Waals surface area contributed by atoms with E-state index >= 15 is 0 Å². The number of allylic oxidation sites excluding steroid dienone is 2. The quantitative estimate of drug-likeness (QED) is 0.414. The number of fused-ring (bicyclic) bond motifs is 1. The van der Waals surface area contributed by atoms with Crippen molar-refractivity contribution in [2.45, 2.75) is 83.0 Å². The highest BCUT2D eigenvalue weighted by atomic mass is 16.5. The number of unbranched alkanes of at least 4 members (excludes halogenated alkanes) is 3. The molecule has 2 fully saturated rings. The molecule has 2 aliphatic rings. The minimum Gasteiger partial charge on any atom is -0.495 e. The van der Waals surface area contributed by atoms with E-state index in [1.54, 1.807) is 0 Å². The van der Waals surface area contributed by atoms with Crippen molar-refractivity contribution < 1.29 is 24.9 Å². The highest BCUT2D eigenvalue weighted by Gasteiger charge is 2.46. The first-order chi connectivity index (χ1) is 12.0. The predicted octanol–water partition coefficient (Wildman–Crippen LogP) is 3.41. The Hall–Kier alpha value is -1.33. The van der Waals surface area contributed by atoms with Crippen LogP contribution < -0.4 is 0 Å². The van der Waals surface area contributed by atoms with Gasteiger partial charge in [0.1, 0.15) is 6.10 Å². The fourth-order valence-corrected chi connectivity index (χ4v) is 3.86. The van der Waals surface area contributed by atoms with Gasteiger partial charge >= 0.3 is 5.97 Å². The molecular weight excluding hydrogens is 320 g/mol. The summed E-state index contributed by atoms with van der Waals surface area (Å²) in [7, 11) is 0. The number of hydrogen-bond donors (Lipinski definition) is 3. The summed E-state index contributed by atoms with van der Waals surface area (Å²) in [5.41, 5.74) is 0. The molecule has 0 aromatic heterocycles. The second kappa shape index (κ2) is 9.97. The first-order valence-corrected chi connectivity index (χ1v) is 9.63. The van der Waals surface area contributed by atoms with Gasteiger partial charge in [0.25, 0.3) is 0 Å². The predicted molar refractivity (Wildman–Crippen MR) is 96.0 cm³/mol. The average molecular weight is 352 g/mol. The van der Waals surface area contributed by atoms with E-state index in [1.165, 1.54) is 0 Å². The molecule has 5 atom stereocenters. The number of rotatable bonds is 10. The summed E-state index contributed by atoms with van der Waals surface area (Å²) in [6.07, 6.45) is 12.0. The number of aliphatic carboxylic acids is 1. The van der Waals surface area contributed by atoms with E-state index in [1.807, 2.05) is 18.2 Å². The second-order valence-electron chi connectivity index (χ2n) is 7.31. The molecule has 5 heteroatoms. The molecule has 3 N–H and O–H groups in total. The SMILES string of the molecule is CCCCC[C@H](O)/C=C/C1[C@H](O)C[C@H]2O/C(=C/CCCC(=O)O)C[C@H]12. The Labute approximate surface area is 150 Å². The number of hydrogen-bond acceptors (Lipinski definition) is 4. The third-order valence-corrected chi connectivity index (χ3v) is 5.26. The van der Waals surface area contributed by atoms with Crippen molar-refractivity contribution in [3.8, 4) is 0 Å². The summed E-state index contributed by atoms with van der Waals surface area (Å²) in [5, 5.41) is 29.0. The first kappa shape index (κ1) is 20.0. The Morgan fingerprint density at radius 3 is 2.88 bits per heavy atom. The lowest BCUT2D eigenvalue weighted by molar-refractivity contribution is -0.137. The minimum absolute atomic E-state index is 0.0238. The van der Waals surface area contributed by atoms with Gasteiger partial charge in [-0.3, -0.25) is 4.79 Å². The maximum Gasteiger partial charge on any atom is 0.303 e. The van der Waals surface area contributed by atoms with E-state index in [-0.39, 0.29) is 24.4 Å². The lowest BCUT2D eigenvalue weighted by atomic mass is 9.90. The lowest BCUT2D eigenvalue weighted by Crippen LogP contribution is -2.18. The summed E-state index contributed by atoms with van der Waals surface area (Å²) in [5.74, 6) is 0.429. The van der Waals surface area contributed by atoms with Crippen molar-refractivity contribution in [1.29, 1.82) is 0 Å². The molecule has 1 saturated carbocycles. The Bertz CT molecular complexity index is 484. The van der Waals surface area contributed by atoms with Crippen LogP contribution in [0.15, 0.2) is 24.0 Å². The molecule has 1 aliphatic heterocycles. The smallest absolute Gasteiger partial charge is 0.303 e. The largest absolute Gasteiger partial charge is 0.495 e. The Morgan fingerprint density at radius 1 is 1.36 bits per heavy atom. The van der Waals surface area contributed by atoms with Gasteiger partial charge in [-0.05, 0) is 25.3 Å². The number of carboxylic acid groups (broad SMARTS) is 1. The van der Waals surface area contributed by atoms with Crippen LogP contribution in [0, 0.1) is 11.8 Å². The van der Waals surface area contributed by atoms with Gasteiger partial charge < -0.3 is 20.1 Å². The second-order valence-corrected chi connectivity index (χ2v) is 7.31. The number of aliphatic hydroxyl groups excluding tert-OH is 2. The van der Waals surface area contributed by atoms with Gasteiger partial charge in [-0.25, -0.2) is 0 Å². The van der Waals surface area contributed by atoms with Crippen LogP contribution in [0.1, 0.15) is 64.7 Å². The van der Waals surface area contributed by atoms with Crippen LogP contribution in [0.5, 0.6) is 0 Å². The molecule has 0 spiro atoms. The number of ether oxygens (including phenoxy) is 1. The molecule has 0 amide bonds. The van der Waals surface area contributed by atoms with E-state index in [4.69, 9.17) is 9.84 Å². The van der Waals surface area contributed by atoms with E-state index in [0.29, 0.717) is 19.3 Å². The van der Waals surface area contributed by atoms with Crippen molar-refractivity contribution in [2.24, 2.45) is 11.8 Å². The molecule has 1 saturated heterocycles. The van der Waals surface area contributed by atoms with Crippen molar-refractivity contribution in [3.05, 3.63) is 24.0 Å². The van der Waals surface area contributed by atoms with Crippen LogP contribution in [-0.4, -0.2) is 39.6 Å². The molecular formula is C20H32O5. The van der Waals surface area contributed by atoms with Crippen LogP contribution >= 0.6 is 0 Å². The molecule has 2 rings (SSSR count). The molecule has 1 heterocycles. The van der Waals surface area contributed by atoms with E-state index in [9.17, 15) is 15.0 Å². The maximum atomic E-state index is 10.5. The normalized spacial score (nSPS) is 31.4. The van der Waals surface area contributed by atoms with Gasteiger partial charge in [0, 0.05) is 31.1 Å². The Kier molecular flexibility index (Phi) is 7.97. The summed E-state index contributed by atoms with van der Waals surface area (Å²) < 4.78 is 5.94. The van der Waals surface area contributed by atoms with Crippen LogP contribution in [-0.2, 0) is 9.53 Å². The molecule has 1 aliphatic carbocycles. The van der Waals surface area contributed by atoms with Gasteiger partial charge in [0.2, 0.25) is 0 Å². The number of carboxylic acids is 1. The molecule has 0 bridgehead atoms. The molecule has 142 valence electrons. The number of carbonyl (C=O) groups is 1. The van der Waals surface area contributed by atoms with Crippen molar-refractivity contribution in [1.82, 2.24) is 0 Å². The summed E-state index contributed by atoms with van der Waals surface area (Å²) in [6, 6.07) is 0. The molecule has 25 heavy (non-hydrogen) atoms. The fourth-order valence-electron chi connectivity index (χ4n) is 3.86. The molecule has 5 nitrogen and oxygen atoms in total. The zero-order chi connectivity index (χ0) is 18.2. The zero-order valence-electron chi connectivity index (χ0n) is 15.1. The van der Waals surface area contributed by atoms with E-state index < -0.39 is 18.2 Å². The third-order valence-electron chi connectivity index (χ3n) is 5.26. The highest BCUT2D eigenvalue weighted by Crippen LogP contribution is 2.45. The Morgan fingerprint density at radius 2 is 2.16 bits per heavy atom. The van der Waals surface area contributed by atoms with Crippen LogP contribution in [0.3, 0.4) is 0 Å². The first-order valence-electron chi connectivity index (χ1n) is 9.63. The molecule has 1 unspecified atom stereocenters. The summed E-state index contributed by atoms with van der Waals surface area (Å²) in [6.45, 7) is 2.14. The average Bonchev–Trinajstić information content (AvgIpc) is 3.06. The van der Waals surface area contributed by atoms with E-state index in [2.05, 4.69) is 6.92 Å².